The van der Waals surface area contributed by atoms with Crippen molar-refractivity contribution in [1.82, 2.24) is 5.32 Å². The van der Waals surface area contributed by atoms with Crippen LogP contribution in [0, 0.1) is 6.92 Å². The molecule has 174 valence electrons. The van der Waals surface area contributed by atoms with Crippen molar-refractivity contribution in [2.24, 2.45) is 0 Å². The lowest BCUT2D eigenvalue weighted by molar-refractivity contribution is -0.207. The number of aromatic hydroxyl groups is 1. The molecule has 0 aliphatic carbocycles. The smallest absolute Gasteiger partial charge is 0.173 e. The first-order chi connectivity index (χ1) is 15.0. The average molecular weight is 430 g/mol. The van der Waals surface area contributed by atoms with Crippen molar-refractivity contribution in [3.05, 3.63) is 65.7 Å². The zero-order valence-electron chi connectivity index (χ0n) is 20.5. The molecule has 0 atom stereocenters. The van der Waals surface area contributed by atoms with Gasteiger partial charge in [-0.15, -0.1) is 0 Å². The lowest BCUT2D eigenvalue weighted by Crippen LogP contribution is -2.09. The highest BCUT2D eigenvalue weighted by Crippen LogP contribution is 2.34. The van der Waals surface area contributed by atoms with Crippen molar-refractivity contribution >= 4 is 5.57 Å². The predicted molar refractivity (Wildman–Crippen MR) is 134 cm³/mol. The van der Waals surface area contributed by atoms with E-state index in [1.165, 1.54) is 12.8 Å². The molecule has 0 unspecified atom stereocenters. The maximum absolute atomic E-state index is 10.2. The first kappa shape index (κ1) is 28.7. The maximum atomic E-state index is 10.2. The lowest BCUT2D eigenvalue weighted by Gasteiger charge is -2.13. The number of hydrogen-bond acceptors (Lipinski definition) is 4. The van der Waals surface area contributed by atoms with E-state index in [9.17, 15) is 5.11 Å². The van der Waals surface area contributed by atoms with Gasteiger partial charge in [0.15, 0.2) is 5.75 Å². The Labute approximate surface area is 190 Å². The zero-order valence-corrected chi connectivity index (χ0v) is 20.5. The molecule has 0 amide bonds. The van der Waals surface area contributed by atoms with Crippen LogP contribution in [0.15, 0.2) is 49.0 Å². The van der Waals surface area contributed by atoms with Crippen LogP contribution in [0.4, 0.5) is 0 Å². The quantitative estimate of drug-likeness (QED) is 0.224. The van der Waals surface area contributed by atoms with Gasteiger partial charge in [0.25, 0.3) is 0 Å². The summed E-state index contributed by atoms with van der Waals surface area (Å²) in [5.74, 6) is 0.827. The summed E-state index contributed by atoms with van der Waals surface area (Å²) in [6.45, 7) is 19.2. The van der Waals surface area contributed by atoms with E-state index in [1.807, 2.05) is 57.2 Å². The molecule has 2 N–H and O–H groups in total. The third-order valence-corrected chi connectivity index (χ3v) is 4.42. The van der Waals surface area contributed by atoms with Gasteiger partial charge in [-0.25, -0.2) is 0 Å². The second-order valence-corrected chi connectivity index (χ2v) is 6.92. The second kappa shape index (κ2) is 18.5. The lowest BCUT2D eigenvalue weighted by atomic mass is 9.97. The molecule has 31 heavy (non-hydrogen) atoms. The molecule has 0 radical (unpaired) electrons. The van der Waals surface area contributed by atoms with Crippen LogP contribution in [0.2, 0.25) is 0 Å². The van der Waals surface area contributed by atoms with Crippen LogP contribution in [0.5, 0.6) is 11.5 Å². The number of phenolic OH excluding ortho intramolecular Hbond substituents is 1. The van der Waals surface area contributed by atoms with Gasteiger partial charge in [-0.1, -0.05) is 90.8 Å². The van der Waals surface area contributed by atoms with E-state index in [1.54, 1.807) is 6.07 Å². The third-order valence-electron chi connectivity index (χ3n) is 4.42. The van der Waals surface area contributed by atoms with Gasteiger partial charge in [0, 0.05) is 11.1 Å². The minimum atomic E-state index is 0.218. The fraction of sp³-hybridized carbons (Fsp3) is 0.481. The van der Waals surface area contributed by atoms with E-state index in [2.05, 4.69) is 32.7 Å². The van der Waals surface area contributed by atoms with E-state index in [0.29, 0.717) is 23.5 Å². The molecule has 0 aromatic heterocycles. The highest BCUT2D eigenvalue weighted by molar-refractivity contribution is 5.83. The van der Waals surface area contributed by atoms with Crippen molar-refractivity contribution in [3.8, 4) is 11.5 Å². The molecule has 0 saturated heterocycles. The molecular formula is C27H43NO3. The van der Waals surface area contributed by atoms with Crippen molar-refractivity contribution in [3.63, 3.8) is 0 Å². The highest BCUT2D eigenvalue weighted by Gasteiger charge is 2.13. The van der Waals surface area contributed by atoms with Crippen molar-refractivity contribution in [2.75, 3.05) is 19.7 Å². The molecule has 2 aromatic carbocycles. The Balaban J connectivity index is 0.00000113. The van der Waals surface area contributed by atoms with E-state index < -0.39 is 0 Å². The number of unbranched alkanes of at least 4 members (excludes halogenated alkanes) is 3. The van der Waals surface area contributed by atoms with Gasteiger partial charge < -0.3 is 15.3 Å². The Kier molecular flexibility index (Phi) is 17.1. The first-order valence-corrected chi connectivity index (χ1v) is 11.6. The monoisotopic (exact) mass is 429 g/mol. The zero-order chi connectivity index (χ0) is 23.5. The minimum Gasteiger partial charge on any atom is -0.507 e. The third kappa shape index (κ3) is 11.6. The van der Waals surface area contributed by atoms with Gasteiger partial charge in [-0.05, 0) is 49.7 Å². The highest BCUT2D eigenvalue weighted by atomic mass is 17.2. The molecular weight excluding hydrogens is 386 g/mol. The van der Waals surface area contributed by atoms with Crippen LogP contribution in [0.25, 0.3) is 5.57 Å². The Morgan fingerprint density at radius 2 is 1.61 bits per heavy atom. The number of benzene rings is 2. The Morgan fingerprint density at radius 1 is 0.935 bits per heavy atom. The van der Waals surface area contributed by atoms with Crippen LogP contribution >= 0.6 is 0 Å². The summed E-state index contributed by atoms with van der Waals surface area (Å²) in [6, 6.07) is 13.1. The van der Waals surface area contributed by atoms with Gasteiger partial charge in [0.2, 0.25) is 0 Å². The summed E-state index contributed by atoms with van der Waals surface area (Å²) >= 11 is 0. The van der Waals surface area contributed by atoms with Gasteiger partial charge in [0.05, 0.1) is 6.61 Å². The number of phenols is 1. The average Bonchev–Trinajstić information content (AvgIpc) is 2.78. The summed E-state index contributed by atoms with van der Waals surface area (Å²) in [5.41, 5.74) is 3.21. The molecule has 0 aliphatic rings. The molecule has 4 nitrogen and oxygen atoms in total. The van der Waals surface area contributed by atoms with Crippen LogP contribution < -0.4 is 10.2 Å². The Hall–Kier alpha value is -2.30. The minimum absolute atomic E-state index is 0.218. The molecule has 0 fully saturated rings. The fourth-order valence-electron chi connectivity index (χ4n) is 2.77. The molecule has 0 bridgehead atoms. The van der Waals surface area contributed by atoms with Crippen LogP contribution in [-0.4, -0.2) is 24.8 Å². The number of aryl methyl sites for hydroxylation is 1. The van der Waals surface area contributed by atoms with Gasteiger partial charge in [0.1, 0.15) is 5.75 Å². The standard InChI is InChI=1S/C21H26O3.C4H11N.C2H6/c1-4-5-6-9-14-23-24-21-11-8-7-10-19(21)17(3)18-13-12-16(2)15-20(18)22;1-3-5-4-2;1-2/h7-8,10-13,15,22H,3-6,9,14H2,1-2H3;5H,3-4H2,1-2H3;1-2H3. The summed E-state index contributed by atoms with van der Waals surface area (Å²) in [6.07, 6.45) is 4.54. The summed E-state index contributed by atoms with van der Waals surface area (Å²) in [4.78, 5) is 10.8. The molecule has 2 aromatic rings. The molecule has 0 spiro atoms. The summed E-state index contributed by atoms with van der Waals surface area (Å²) < 4.78 is 0. The molecule has 0 saturated carbocycles. The van der Waals surface area contributed by atoms with Crippen LogP contribution in [-0.2, 0) is 4.89 Å². The number of rotatable bonds is 11. The van der Waals surface area contributed by atoms with Crippen LogP contribution in [0.1, 0.15) is 77.0 Å². The molecule has 2 rings (SSSR count). The number of nitrogens with one attached hydrogen (secondary N) is 1. The second-order valence-electron chi connectivity index (χ2n) is 6.92. The fourth-order valence-corrected chi connectivity index (χ4v) is 2.77. The summed E-state index contributed by atoms with van der Waals surface area (Å²) in [5, 5.41) is 13.3. The topological polar surface area (TPSA) is 50.7 Å². The van der Waals surface area contributed by atoms with Gasteiger partial charge >= 0.3 is 0 Å². The van der Waals surface area contributed by atoms with Crippen LogP contribution in [0.3, 0.4) is 0 Å². The maximum Gasteiger partial charge on any atom is 0.173 e. The Morgan fingerprint density at radius 3 is 2.19 bits per heavy atom. The molecule has 0 aliphatic heterocycles. The van der Waals surface area contributed by atoms with E-state index >= 15 is 0 Å². The predicted octanol–water partition coefficient (Wildman–Crippen LogP) is 7.29. The van der Waals surface area contributed by atoms with Crippen molar-refractivity contribution in [2.45, 2.75) is 67.2 Å². The van der Waals surface area contributed by atoms with Crippen molar-refractivity contribution in [1.29, 1.82) is 0 Å². The number of para-hydroxylation sites is 1. The van der Waals surface area contributed by atoms with Gasteiger partial charge in [-0.3, -0.25) is 0 Å². The van der Waals surface area contributed by atoms with Gasteiger partial charge in [-0.2, -0.15) is 4.89 Å². The van der Waals surface area contributed by atoms with Crippen molar-refractivity contribution < 1.29 is 14.9 Å². The summed E-state index contributed by atoms with van der Waals surface area (Å²) in [7, 11) is 0. The SMILES string of the molecule is C=C(c1ccc(C)cc1O)c1ccccc1OOCCCCCC.CC.CCNCC. The van der Waals surface area contributed by atoms with E-state index in [4.69, 9.17) is 9.78 Å². The molecule has 0 heterocycles. The number of hydrogen-bond donors (Lipinski definition) is 2. The first-order valence-electron chi connectivity index (χ1n) is 11.6. The molecule has 4 heteroatoms. The largest absolute Gasteiger partial charge is 0.507 e. The Bertz CT molecular complexity index is 726. The van der Waals surface area contributed by atoms with E-state index in [0.717, 1.165) is 37.1 Å². The normalized spacial score (nSPS) is 9.74. The van der Waals surface area contributed by atoms with E-state index in [-0.39, 0.29) is 5.75 Å².